The molecule has 0 bridgehead atoms. The Hall–Kier alpha value is -3.83. The van der Waals surface area contributed by atoms with Crippen molar-refractivity contribution in [3.8, 4) is 22.4 Å². The van der Waals surface area contributed by atoms with Gasteiger partial charge in [-0.1, -0.05) is 67.3 Å². The second-order valence-electron chi connectivity index (χ2n) is 9.87. The Labute approximate surface area is 199 Å². The molecular weight excluding hydrogens is 434 g/mol. The molecule has 0 spiro atoms. The molecule has 0 N–H and O–H groups in total. The molecular formula is C29H25N3OSi. The Morgan fingerprint density at radius 2 is 1.56 bits per heavy atom. The van der Waals surface area contributed by atoms with Gasteiger partial charge in [-0.3, -0.25) is 4.98 Å². The van der Waals surface area contributed by atoms with Gasteiger partial charge in [-0.25, -0.2) is 9.97 Å². The van der Waals surface area contributed by atoms with Crippen molar-refractivity contribution in [1.82, 2.24) is 15.0 Å². The summed E-state index contributed by atoms with van der Waals surface area (Å²) in [5, 5.41) is 4.53. The van der Waals surface area contributed by atoms with Gasteiger partial charge >= 0.3 is 0 Å². The van der Waals surface area contributed by atoms with E-state index in [1.165, 1.54) is 21.7 Å². The van der Waals surface area contributed by atoms with E-state index in [1.807, 2.05) is 25.4 Å². The highest BCUT2D eigenvalue weighted by Gasteiger charge is 2.20. The van der Waals surface area contributed by atoms with Crippen LogP contribution in [0.3, 0.4) is 0 Å². The van der Waals surface area contributed by atoms with Gasteiger partial charge in [0.15, 0.2) is 0 Å². The molecule has 0 saturated carbocycles. The molecule has 6 rings (SSSR count). The fraction of sp³-hybridized carbons (Fsp3) is 0.138. The number of nitrogens with zero attached hydrogens (tertiary/aromatic N) is 3. The molecule has 0 amide bonds. The predicted molar refractivity (Wildman–Crippen MR) is 143 cm³/mol. The number of furan rings is 1. The second kappa shape index (κ2) is 7.60. The van der Waals surface area contributed by atoms with E-state index in [-0.39, 0.29) is 0 Å². The van der Waals surface area contributed by atoms with Crippen LogP contribution in [-0.4, -0.2) is 23.0 Å². The normalized spacial score (nSPS) is 12.1. The molecule has 4 aromatic heterocycles. The molecule has 34 heavy (non-hydrogen) atoms. The lowest BCUT2D eigenvalue weighted by Crippen LogP contribution is -2.37. The van der Waals surface area contributed by atoms with Crippen molar-refractivity contribution in [1.29, 1.82) is 0 Å². The first kappa shape index (κ1) is 20.8. The zero-order valence-electron chi connectivity index (χ0n) is 19.8. The summed E-state index contributed by atoms with van der Waals surface area (Å²) in [6, 6.07) is 23.5. The van der Waals surface area contributed by atoms with Crippen LogP contribution in [0.1, 0.15) is 5.69 Å². The Kier molecular flexibility index (Phi) is 4.64. The summed E-state index contributed by atoms with van der Waals surface area (Å²) in [6.07, 6.45) is 3.69. The van der Waals surface area contributed by atoms with Crippen LogP contribution >= 0.6 is 0 Å². The van der Waals surface area contributed by atoms with Crippen molar-refractivity contribution < 1.29 is 4.42 Å². The lowest BCUT2D eigenvalue weighted by Gasteiger charge is -2.18. The molecule has 5 heteroatoms. The molecule has 4 nitrogen and oxygen atoms in total. The summed E-state index contributed by atoms with van der Waals surface area (Å²) in [4.78, 5) is 14.2. The highest BCUT2D eigenvalue weighted by molar-refractivity contribution is 6.88. The molecule has 6 aromatic rings. The fourth-order valence-corrected chi connectivity index (χ4v) is 5.69. The van der Waals surface area contributed by atoms with Crippen LogP contribution < -0.4 is 5.19 Å². The smallest absolute Gasteiger partial charge is 0.227 e. The number of pyridine rings is 3. The third kappa shape index (κ3) is 3.40. The Morgan fingerprint density at radius 3 is 2.35 bits per heavy atom. The fourth-order valence-electron chi connectivity index (χ4n) is 4.53. The minimum atomic E-state index is -1.47. The van der Waals surface area contributed by atoms with Gasteiger partial charge in [0.1, 0.15) is 5.58 Å². The number of hydrogen-bond acceptors (Lipinski definition) is 4. The van der Waals surface area contributed by atoms with Gasteiger partial charge in [0.05, 0.1) is 24.8 Å². The maximum atomic E-state index is 6.25. The van der Waals surface area contributed by atoms with Crippen LogP contribution in [0.2, 0.25) is 19.6 Å². The highest BCUT2D eigenvalue weighted by Crippen LogP contribution is 2.37. The van der Waals surface area contributed by atoms with Crippen LogP contribution in [0.25, 0.3) is 55.4 Å². The standard InChI is InChI=1S/C29H25N3OSi/c1-18-10-12-21-24-16-30-17-25(28(24)33-29(21)31-18)27-15-22(19-8-6-5-7-9-19)23-14-20(34(2,3)4)11-13-26(23)32-27/h5-17H,1-4H3. The molecule has 4 heterocycles. The molecule has 0 radical (unpaired) electrons. The summed E-state index contributed by atoms with van der Waals surface area (Å²) in [7, 11) is -1.47. The average Bonchev–Trinajstić information content (AvgIpc) is 3.20. The van der Waals surface area contributed by atoms with E-state index in [0.29, 0.717) is 5.71 Å². The van der Waals surface area contributed by atoms with E-state index in [2.05, 4.69) is 90.3 Å². The first-order valence-corrected chi connectivity index (χ1v) is 15.0. The van der Waals surface area contributed by atoms with Gasteiger partial charge < -0.3 is 4.42 Å². The second-order valence-corrected chi connectivity index (χ2v) is 15.0. The van der Waals surface area contributed by atoms with Crippen LogP contribution in [0.15, 0.2) is 83.5 Å². The van der Waals surface area contributed by atoms with Gasteiger partial charge in [0.2, 0.25) is 5.71 Å². The quantitative estimate of drug-likeness (QED) is 0.265. The van der Waals surface area contributed by atoms with Crippen molar-refractivity contribution >= 4 is 46.2 Å². The van der Waals surface area contributed by atoms with Crippen molar-refractivity contribution in [2.75, 3.05) is 0 Å². The van der Waals surface area contributed by atoms with Gasteiger partial charge in [-0.15, -0.1) is 0 Å². The van der Waals surface area contributed by atoms with Crippen LogP contribution in [0.5, 0.6) is 0 Å². The zero-order valence-corrected chi connectivity index (χ0v) is 20.8. The summed E-state index contributed by atoms with van der Waals surface area (Å²) in [6.45, 7) is 9.10. The lowest BCUT2D eigenvalue weighted by atomic mass is 9.98. The molecule has 0 aliphatic heterocycles. The van der Waals surface area contributed by atoms with Crippen LogP contribution in [-0.2, 0) is 0 Å². The molecule has 166 valence electrons. The molecule has 0 saturated heterocycles. The van der Waals surface area contributed by atoms with Gasteiger partial charge in [0.25, 0.3) is 0 Å². The maximum absolute atomic E-state index is 6.25. The summed E-state index contributed by atoms with van der Waals surface area (Å²) >= 11 is 0. The van der Waals surface area contributed by atoms with E-state index >= 15 is 0 Å². The van der Waals surface area contributed by atoms with Crippen LogP contribution in [0, 0.1) is 6.92 Å². The molecule has 2 aromatic carbocycles. The number of aromatic nitrogens is 3. The number of rotatable bonds is 3. The largest absolute Gasteiger partial charge is 0.437 e. The Bertz CT molecular complexity index is 1700. The predicted octanol–water partition coefficient (Wildman–Crippen LogP) is 7.11. The minimum absolute atomic E-state index is 0.632. The van der Waals surface area contributed by atoms with Crippen molar-refractivity contribution in [2.45, 2.75) is 26.6 Å². The molecule has 0 atom stereocenters. The maximum Gasteiger partial charge on any atom is 0.227 e. The summed E-state index contributed by atoms with van der Waals surface area (Å²) in [5.41, 5.74) is 7.37. The van der Waals surface area contributed by atoms with Crippen molar-refractivity contribution in [3.63, 3.8) is 0 Å². The van der Waals surface area contributed by atoms with Crippen molar-refractivity contribution in [2.24, 2.45) is 0 Å². The van der Waals surface area contributed by atoms with E-state index < -0.39 is 8.07 Å². The monoisotopic (exact) mass is 459 g/mol. The number of fused-ring (bicyclic) bond motifs is 4. The lowest BCUT2D eigenvalue weighted by molar-refractivity contribution is 0.653. The Balaban J connectivity index is 1.66. The van der Waals surface area contributed by atoms with E-state index in [0.717, 1.165) is 38.8 Å². The molecule has 0 fully saturated rings. The van der Waals surface area contributed by atoms with Gasteiger partial charge in [-0.05, 0) is 42.3 Å². The first-order chi connectivity index (χ1) is 16.4. The summed E-state index contributed by atoms with van der Waals surface area (Å²) < 4.78 is 6.25. The van der Waals surface area contributed by atoms with Gasteiger partial charge in [0, 0.05) is 34.2 Å². The third-order valence-electron chi connectivity index (χ3n) is 6.42. The summed E-state index contributed by atoms with van der Waals surface area (Å²) in [5.74, 6) is 0. The molecule has 0 unspecified atom stereocenters. The van der Waals surface area contributed by atoms with E-state index in [1.54, 1.807) is 0 Å². The average molecular weight is 460 g/mol. The molecule has 0 aliphatic rings. The highest BCUT2D eigenvalue weighted by atomic mass is 28.3. The third-order valence-corrected chi connectivity index (χ3v) is 8.46. The number of aryl methyl sites for hydroxylation is 1. The molecule has 0 aliphatic carbocycles. The van der Waals surface area contributed by atoms with Crippen LogP contribution in [0.4, 0.5) is 0 Å². The van der Waals surface area contributed by atoms with Crippen molar-refractivity contribution in [3.05, 3.63) is 84.8 Å². The SMILES string of the molecule is Cc1ccc2c(n1)oc1c(-c3cc(-c4ccccc4)c4cc([Si](C)(C)C)ccc4n3)cncc12. The van der Waals surface area contributed by atoms with Gasteiger partial charge in [-0.2, -0.15) is 0 Å². The Morgan fingerprint density at radius 1 is 0.735 bits per heavy atom. The zero-order chi connectivity index (χ0) is 23.4. The van der Waals surface area contributed by atoms with E-state index in [4.69, 9.17) is 9.40 Å². The first-order valence-electron chi connectivity index (χ1n) is 11.5. The van der Waals surface area contributed by atoms with E-state index in [9.17, 15) is 0 Å². The number of benzene rings is 2. The topological polar surface area (TPSA) is 51.8 Å². The number of hydrogen-bond donors (Lipinski definition) is 0. The minimum Gasteiger partial charge on any atom is -0.437 e.